The number of sulfonamides is 1. The number of ether oxygens (including phenoxy) is 1. The maximum absolute atomic E-state index is 12.6. The second kappa shape index (κ2) is 11.1. The smallest absolute Gasteiger partial charge is 0.348 e. The number of hydrogen-bond acceptors (Lipinski definition) is 9. The molecule has 2 N–H and O–H groups in total. The van der Waals surface area contributed by atoms with Gasteiger partial charge >= 0.3 is 5.97 Å². The molecule has 0 saturated heterocycles. The number of esters is 1. The molecule has 0 aliphatic heterocycles. The summed E-state index contributed by atoms with van der Waals surface area (Å²) in [6.07, 6.45) is 1.50. The molecular weight excluding hydrogens is 498 g/mol. The van der Waals surface area contributed by atoms with E-state index in [9.17, 15) is 13.2 Å². The van der Waals surface area contributed by atoms with E-state index in [1.165, 1.54) is 29.7 Å². The number of pyridine rings is 1. The van der Waals surface area contributed by atoms with Gasteiger partial charge in [-0.2, -0.15) is 5.11 Å². The molecule has 0 unspecified atom stereocenters. The first kappa shape index (κ1) is 25.0. The molecule has 0 atom stereocenters. The normalized spacial score (nSPS) is 11.4. The third-order valence-corrected chi connectivity index (χ3v) is 7.47. The van der Waals surface area contributed by atoms with E-state index in [4.69, 9.17) is 4.74 Å². The van der Waals surface area contributed by atoms with E-state index >= 15 is 0 Å². The van der Waals surface area contributed by atoms with E-state index in [0.29, 0.717) is 26.8 Å². The van der Waals surface area contributed by atoms with Crippen LogP contribution in [0.4, 0.5) is 27.9 Å². The summed E-state index contributed by atoms with van der Waals surface area (Å²) in [4.78, 5) is 16.9. The number of aromatic nitrogens is 1. The Morgan fingerprint density at radius 1 is 1.00 bits per heavy atom. The number of anilines is 3. The molecule has 9 nitrogen and oxygen atoms in total. The Bertz CT molecular complexity index is 1470. The minimum atomic E-state index is -3.80. The Morgan fingerprint density at radius 2 is 1.72 bits per heavy atom. The van der Waals surface area contributed by atoms with Crippen molar-refractivity contribution in [1.82, 2.24) is 4.98 Å². The van der Waals surface area contributed by atoms with Crippen molar-refractivity contribution in [2.24, 2.45) is 10.2 Å². The summed E-state index contributed by atoms with van der Waals surface area (Å²) in [5.41, 5.74) is 2.42. The van der Waals surface area contributed by atoms with Gasteiger partial charge in [-0.15, -0.1) is 16.5 Å². The highest BCUT2D eigenvalue weighted by atomic mass is 32.2. The molecule has 4 rings (SSSR count). The van der Waals surface area contributed by atoms with Gasteiger partial charge in [0.1, 0.15) is 21.4 Å². The van der Waals surface area contributed by atoms with Crippen molar-refractivity contribution in [3.8, 4) is 0 Å². The highest BCUT2D eigenvalue weighted by molar-refractivity contribution is 7.92. The fourth-order valence-corrected chi connectivity index (χ4v) is 5.24. The first-order chi connectivity index (χ1) is 17.4. The molecule has 184 valence electrons. The maximum atomic E-state index is 12.6. The van der Waals surface area contributed by atoms with Crippen molar-refractivity contribution in [3.05, 3.63) is 89.4 Å². The van der Waals surface area contributed by atoms with Gasteiger partial charge in [0.05, 0.1) is 17.2 Å². The summed E-state index contributed by atoms with van der Waals surface area (Å²) in [6, 6.07) is 20.4. The van der Waals surface area contributed by atoms with Crippen LogP contribution >= 0.6 is 11.3 Å². The number of benzene rings is 2. The number of nitrogens with one attached hydrogen (secondary N) is 2. The molecule has 0 saturated carbocycles. The quantitative estimate of drug-likeness (QED) is 0.189. The van der Waals surface area contributed by atoms with Gasteiger partial charge in [-0.25, -0.2) is 18.2 Å². The van der Waals surface area contributed by atoms with Gasteiger partial charge in [-0.3, -0.25) is 4.72 Å². The van der Waals surface area contributed by atoms with E-state index in [1.54, 1.807) is 44.2 Å². The first-order valence-electron chi connectivity index (χ1n) is 11.0. The molecule has 11 heteroatoms. The van der Waals surface area contributed by atoms with Gasteiger partial charge in [-0.05, 0) is 62.4 Å². The van der Waals surface area contributed by atoms with Crippen molar-refractivity contribution in [1.29, 1.82) is 0 Å². The average molecular weight is 522 g/mol. The van der Waals surface area contributed by atoms with E-state index in [1.807, 2.05) is 30.3 Å². The standard InChI is InChI=1S/C25H23N5O4S2/c1-3-34-25(31)23-17(2)22(24(35-23)27-18-9-5-4-6-10-18)29-28-19-12-14-20(15-13-19)36(32,33)30-21-11-7-8-16-26-21/h4-16,27H,3H2,1-2H3,(H,26,30). The number of hydrogen-bond donors (Lipinski definition) is 2. The fraction of sp³-hybridized carbons (Fsp3) is 0.120. The van der Waals surface area contributed by atoms with Crippen LogP contribution in [0, 0.1) is 6.92 Å². The summed E-state index contributed by atoms with van der Waals surface area (Å²) in [5, 5.41) is 12.6. The number of rotatable bonds is 9. The number of thiophene rings is 1. The van der Waals surface area contributed by atoms with E-state index in [0.717, 1.165) is 5.69 Å². The zero-order chi connectivity index (χ0) is 25.5. The van der Waals surface area contributed by atoms with Crippen LogP contribution < -0.4 is 10.0 Å². The average Bonchev–Trinajstić information content (AvgIpc) is 3.19. The molecule has 0 aliphatic rings. The molecule has 0 bridgehead atoms. The van der Waals surface area contributed by atoms with Gasteiger partial charge in [0.2, 0.25) is 0 Å². The molecule has 0 fully saturated rings. The number of nitrogens with zero attached hydrogens (tertiary/aromatic N) is 3. The van der Waals surface area contributed by atoms with Gasteiger partial charge < -0.3 is 10.1 Å². The Balaban J connectivity index is 1.59. The van der Waals surface area contributed by atoms with Crippen molar-refractivity contribution in [2.45, 2.75) is 18.7 Å². The lowest BCUT2D eigenvalue weighted by atomic mass is 10.2. The van der Waals surface area contributed by atoms with Crippen LogP contribution in [0.1, 0.15) is 22.2 Å². The van der Waals surface area contributed by atoms with Crippen LogP contribution in [0.2, 0.25) is 0 Å². The minimum absolute atomic E-state index is 0.0647. The number of carbonyl (C=O) groups is 1. The molecule has 2 aromatic heterocycles. The van der Waals surface area contributed by atoms with Gasteiger partial charge in [0.25, 0.3) is 10.0 Å². The molecule has 2 aromatic carbocycles. The van der Waals surface area contributed by atoms with Crippen LogP contribution in [0.3, 0.4) is 0 Å². The number of para-hydroxylation sites is 1. The molecule has 4 aromatic rings. The predicted octanol–water partition coefficient (Wildman–Crippen LogP) is 6.59. The Kier molecular flexibility index (Phi) is 7.71. The molecule has 0 spiro atoms. The summed E-state index contributed by atoms with van der Waals surface area (Å²) >= 11 is 1.24. The predicted molar refractivity (Wildman–Crippen MR) is 140 cm³/mol. The van der Waals surface area contributed by atoms with Crippen molar-refractivity contribution >= 4 is 55.2 Å². The second-order valence-corrected chi connectivity index (χ2v) is 10.2. The first-order valence-corrected chi connectivity index (χ1v) is 13.3. The second-order valence-electron chi connectivity index (χ2n) is 7.46. The highest BCUT2D eigenvalue weighted by Gasteiger charge is 2.21. The maximum Gasteiger partial charge on any atom is 0.348 e. The van der Waals surface area contributed by atoms with Crippen LogP contribution in [0.15, 0.2) is 94.1 Å². The Labute approximate surface area is 213 Å². The van der Waals surface area contributed by atoms with E-state index < -0.39 is 16.0 Å². The van der Waals surface area contributed by atoms with Crippen LogP contribution in [0.25, 0.3) is 0 Å². The van der Waals surface area contributed by atoms with Crippen LogP contribution in [0.5, 0.6) is 0 Å². The summed E-state index contributed by atoms with van der Waals surface area (Å²) in [5.74, 6) is -0.197. The molecule has 0 radical (unpaired) electrons. The Hall–Kier alpha value is -4.09. The highest BCUT2D eigenvalue weighted by Crippen LogP contribution is 2.42. The number of azo groups is 1. The monoisotopic (exact) mass is 521 g/mol. The van der Waals surface area contributed by atoms with Crippen LogP contribution in [-0.2, 0) is 14.8 Å². The van der Waals surface area contributed by atoms with Gasteiger partial charge in [0, 0.05) is 17.4 Å². The summed E-state index contributed by atoms with van der Waals surface area (Å²) in [6.45, 7) is 3.80. The molecule has 2 heterocycles. The molecular formula is C25H23N5O4S2. The van der Waals surface area contributed by atoms with Crippen LogP contribution in [-0.4, -0.2) is 26.0 Å². The molecule has 0 amide bonds. The Morgan fingerprint density at radius 3 is 2.39 bits per heavy atom. The largest absolute Gasteiger partial charge is 0.462 e. The van der Waals surface area contributed by atoms with Crippen molar-refractivity contribution in [2.75, 3.05) is 16.6 Å². The van der Waals surface area contributed by atoms with Gasteiger partial charge in [0.15, 0.2) is 0 Å². The van der Waals surface area contributed by atoms with E-state index in [2.05, 4.69) is 25.3 Å². The lowest BCUT2D eigenvalue weighted by molar-refractivity contribution is 0.0531. The lowest BCUT2D eigenvalue weighted by Crippen LogP contribution is -2.13. The number of carbonyl (C=O) groups excluding carboxylic acids is 1. The van der Waals surface area contributed by atoms with Gasteiger partial charge in [-0.1, -0.05) is 24.3 Å². The third kappa shape index (κ3) is 5.93. The summed E-state index contributed by atoms with van der Waals surface area (Å²) in [7, 11) is -3.80. The molecule has 0 aliphatic carbocycles. The van der Waals surface area contributed by atoms with E-state index in [-0.39, 0.29) is 17.3 Å². The SMILES string of the molecule is CCOC(=O)c1sc(Nc2ccccc2)c(N=Nc2ccc(S(=O)(=O)Nc3ccccn3)cc2)c1C. The third-order valence-electron chi connectivity index (χ3n) is 4.92. The minimum Gasteiger partial charge on any atom is -0.462 e. The lowest BCUT2D eigenvalue weighted by Gasteiger charge is -2.07. The zero-order valence-electron chi connectivity index (χ0n) is 19.5. The van der Waals surface area contributed by atoms with Crippen molar-refractivity contribution < 1.29 is 17.9 Å². The topological polar surface area (TPSA) is 122 Å². The van der Waals surface area contributed by atoms with Crippen molar-refractivity contribution in [3.63, 3.8) is 0 Å². The molecule has 36 heavy (non-hydrogen) atoms. The zero-order valence-corrected chi connectivity index (χ0v) is 21.1. The fourth-order valence-electron chi connectivity index (χ4n) is 3.17. The summed E-state index contributed by atoms with van der Waals surface area (Å²) < 4.78 is 32.9.